The van der Waals surface area contributed by atoms with Gasteiger partial charge in [0.15, 0.2) is 0 Å². The Bertz CT molecular complexity index is 590. The van der Waals surface area contributed by atoms with Crippen LogP contribution in [0.4, 0.5) is 0 Å². The monoisotopic (exact) mass is 268 g/mol. The lowest BCUT2D eigenvalue weighted by atomic mass is 10.0. The van der Waals surface area contributed by atoms with Crippen LogP contribution >= 0.6 is 0 Å². The van der Waals surface area contributed by atoms with Crippen molar-refractivity contribution in [3.05, 3.63) is 70.8 Å². The summed E-state index contributed by atoms with van der Waals surface area (Å²) in [5.74, 6) is -0.384. The van der Waals surface area contributed by atoms with Gasteiger partial charge in [-0.1, -0.05) is 48.0 Å². The molecule has 0 aliphatic heterocycles. The highest BCUT2D eigenvalue weighted by Gasteiger charge is 2.09. The fraction of sp³-hybridized carbons (Fsp3) is 0.235. The van der Waals surface area contributed by atoms with Gasteiger partial charge in [-0.15, -0.1) is 0 Å². The molecule has 0 saturated carbocycles. The van der Waals surface area contributed by atoms with Gasteiger partial charge in [0.1, 0.15) is 0 Å². The number of nitrogens with two attached hydrogens (primary N) is 1. The van der Waals surface area contributed by atoms with Crippen LogP contribution in [-0.2, 0) is 6.54 Å². The van der Waals surface area contributed by atoms with Crippen molar-refractivity contribution >= 4 is 5.91 Å². The van der Waals surface area contributed by atoms with Crippen LogP contribution in [0.5, 0.6) is 0 Å². The van der Waals surface area contributed by atoms with E-state index in [1.165, 1.54) is 11.1 Å². The second kappa shape index (κ2) is 6.35. The molecule has 1 unspecified atom stereocenters. The summed E-state index contributed by atoms with van der Waals surface area (Å²) in [5, 5.41) is 3.42. The molecule has 0 spiro atoms. The van der Waals surface area contributed by atoms with E-state index < -0.39 is 0 Å². The Kier molecular flexibility index (Phi) is 4.53. The highest BCUT2D eigenvalue weighted by atomic mass is 16.1. The van der Waals surface area contributed by atoms with Gasteiger partial charge in [-0.2, -0.15) is 0 Å². The van der Waals surface area contributed by atoms with E-state index in [0.717, 1.165) is 5.56 Å². The van der Waals surface area contributed by atoms with Crippen LogP contribution in [0.1, 0.15) is 40.0 Å². The van der Waals surface area contributed by atoms with Gasteiger partial charge in [0, 0.05) is 18.2 Å². The van der Waals surface area contributed by atoms with E-state index in [9.17, 15) is 4.79 Å². The predicted molar refractivity (Wildman–Crippen MR) is 81.4 cm³/mol. The maximum absolute atomic E-state index is 11.4. The van der Waals surface area contributed by atoms with Crippen molar-refractivity contribution in [1.29, 1.82) is 0 Å². The maximum atomic E-state index is 11.4. The molecule has 1 atom stereocenters. The molecule has 2 aromatic rings. The average Bonchev–Trinajstić information content (AvgIpc) is 2.45. The number of hydrogen-bond acceptors (Lipinski definition) is 2. The van der Waals surface area contributed by atoms with E-state index in [4.69, 9.17) is 5.73 Å². The normalized spacial score (nSPS) is 12.1. The fourth-order valence-corrected chi connectivity index (χ4v) is 2.15. The predicted octanol–water partition coefficient (Wildman–Crippen LogP) is 2.94. The minimum Gasteiger partial charge on any atom is -0.366 e. The number of primary amides is 1. The van der Waals surface area contributed by atoms with Gasteiger partial charge in [-0.25, -0.2) is 0 Å². The molecule has 0 aliphatic rings. The zero-order chi connectivity index (χ0) is 14.5. The number of aryl methyl sites for hydroxylation is 1. The smallest absolute Gasteiger partial charge is 0.249 e. The molecule has 0 radical (unpaired) electrons. The fourth-order valence-electron chi connectivity index (χ4n) is 2.15. The SMILES string of the molecule is Cc1ccc(C(C)NCc2ccccc2C(N)=O)cc1. The average molecular weight is 268 g/mol. The molecule has 3 N–H and O–H groups in total. The largest absolute Gasteiger partial charge is 0.366 e. The molecule has 0 heterocycles. The summed E-state index contributed by atoms with van der Waals surface area (Å²) in [4.78, 5) is 11.4. The Morgan fingerprint density at radius 1 is 1.15 bits per heavy atom. The van der Waals surface area contributed by atoms with Gasteiger partial charge in [-0.05, 0) is 31.0 Å². The topological polar surface area (TPSA) is 55.1 Å². The summed E-state index contributed by atoms with van der Waals surface area (Å²) in [5.41, 5.74) is 9.37. The molecule has 3 heteroatoms. The zero-order valence-corrected chi connectivity index (χ0v) is 11.9. The van der Waals surface area contributed by atoms with Crippen LogP contribution in [-0.4, -0.2) is 5.91 Å². The first-order valence-corrected chi connectivity index (χ1v) is 6.75. The summed E-state index contributed by atoms with van der Waals surface area (Å²) in [6, 6.07) is 16.1. The molecule has 2 rings (SSSR count). The van der Waals surface area contributed by atoms with Gasteiger partial charge in [0.05, 0.1) is 0 Å². The molecule has 0 fully saturated rings. The Labute approximate surface area is 119 Å². The standard InChI is InChI=1S/C17H20N2O/c1-12-7-9-14(10-8-12)13(2)19-11-15-5-3-4-6-16(15)17(18)20/h3-10,13,19H,11H2,1-2H3,(H2,18,20). The molecule has 0 saturated heterocycles. The molecular weight excluding hydrogens is 248 g/mol. The third kappa shape index (κ3) is 3.45. The maximum Gasteiger partial charge on any atom is 0.249 e. The van der Waals surface area contributed by atoms with Crippen molar-refractivity contribution in [3.63, 3.8) is 0 Å². The Morgan fingerprint density at radius 2 is 1.80 bits per heavy atom. The first-order valence-electron chi connectivity index (χ1n) is 6.75. The molecule has 0 bridgehead atoms. The quantitative estimate of drug-likeness (QED) is 0.876. The first kappa shape index (κ1) is 14.3. The number of carbonyl (C=O) groups excluding carboxylic acids is 1. The molecule has 0 aromatic heterocycles. The van der Waals surface area contributed by atoms with Crippen molar-refractivity contribution in [2.75, 3.05) is 0 Å². The number of rotatable bonds is 5. The number of amides is 1. The van der Waals surface area contributed by atoms with Crippen LogP contribution < -0.4 is 11.1 Å². The van der Waals surface area contributed by atoms with E-state index in [-0.39, 0.29) is 11.9 Å². The number of nitrogens with one attached hydrogen (secondary N) is 1. The van der Waals surface area contributed by atoms with E-state index in [2.05, 4.69) is 43.4 Å². The van der Waals surface area contributed by atoms with Crippen molar-refractivity contribution in [2.24, 2.45) is 5.73 Å². The van der Waals surface area contributed by atoms with Gasteiger partial charge in [0.2, 0.25) is 5.91 Å². The van der Waals surface area contributed by atoms with Gasteiger partial charge in [-0.3, -0.25) is 4.79 Å². The number of benzene rings is 2. The minimum atomic E-state index is -0.384. The Hall–Kier alpha value is -2.13. The Balaban J connectivity index is 2.05. The van der Waals surface area contributed by atoms with Crippen LogP contribution in [0.2, 0.25) is 0 Å². The number of hydrogen-bond donors (Lipinski definition) is 2. The summed E-state index contributed by atoms with van der Waals surface area (Å²) < 4.78 is 0. The molecule has 2 aromatic carbocycles. The lowest BCUT2D eigenvalue weighted by Crippen LogP contribution is -2.21. The van der Waals surface area contributed by atoms with E-state index in [1.807, 2.05) is 18.2 Å². The molecule has 104 valence electrons. The Morgan fingerprint density at radius 3 is 2.45 bits per heavy atom. The second-order valence-electron chi connectivity index (χ2n) is 5.03. The second-order valence-corrected chi connectivity index (χ2v) is 5.03. The van der Waals surface area contributed by atoms with Gasteiger partial charge >= 0.3 is 0 Å². The zero-order valence-electron chi connectivity index (χ0n) is 11.9. The van der Waals surface area contributed by atoms with Crippen molar-refractivity contribution < 1.29 is 4.79 Å². The van der Waals surface area contributed by atoms with Crippen molar-refractivity contribution in [1.82, 2.24) is 5.32 Å². The summed E-state index contributed by atoms with van der Waals surface area (Å²) in [6.07, 6.45) is 0. The molecule has 1 amide bonds. The van der Waals surface area contributed by atoms with Gasteiger partial charge in [0.25, 0.3) is 0 Å². The number of carbonyl (C=O) groups is 1. The van der Waals surface area contributed by atoms with E-state index >= 15 is 0 Å². The van der Waals surface area contributed by atoms with Crippen LogP contribution in [0.3, 0.4) is 0 Å². The third-order valence-electron chi connectivity index (χ3n) is 3.46. The highest BCUT2D eigenvalue weighted by Crippen LogP contribution is 2.15. The summed E-state index contributed by atoms with van der Waals surface area (Å²) in [6.45, 7) is 4.80. The summed E-state index contributed by atoms with van der Waals surface area (Å²) >= 11 is 0. The minimum absolute atomic E-state index is 0.219. The molecular formula is C17H20N2O. The third-order valence-corrected chi connectivity index (χ3v) is 3.46. The first-order chi connectivity index (χ1) is 9.58. The highest BCUT2D eigenvalue weighted by molar-refractivity contribution is 5.94. The van der Waals surface area contributed by atoms with Gasteiger partial charge < -0.3 is 11.1 Å². The lowest BCUT2D eigenvalue weighted by molar-refractivity contribution is 0.0999. The van der Waals surface area contributed by atoms with Crippen LogP contribution in [0.25, 0.3) is 0 Å². The van der Waals surface area contributed by atoms with Crippen LogP contribution in [0.15, 0.2) is 48.5 Å². The molecule has 3 nitrogen and oxygen atoms in total. The van der Waals surface area contributed by atoms with Crippen LogP contribution in [0, 0.1) is 6.92 Å². The molecule has 0 aliphatic carbocycles. The van der Waals surface area contributed by atoms with Crippen molar-refractivity contribution in [3.8, 4) is 0 Å². The van der Waals surface area contributed by atoms with Crippen molar-refractivity contribution in [2.45, 2.75) is 26.4 Å². The lowest BCUT2D eigenvalue weighted by Gasteiger charge is -2.15. The van der Waals surface area contributed by atoms with E-state index in [1.54, 1.807) is 6.07 Å². The van der Waals surface area contributed by atoms with E-state index in [0.29, 0.717) is 12.1 Å². The summed E-state index contributed by atoms with van der Waals surface area (Å²) in [7, 11) is 0. The molecule has 20 heavy (non-hydrogen) atoms.